The smallest absolute Gasteiger partial charge is 0.240 e. The van der Waals surface area contributed by atoms with Crippen LogP contribution in [0, 0.1) is 5.92 Å². The molecule has 2 aliphatic heterocycles. The molecular weight excluding hydrogens is 468 g/mol. The molecule has 0 aliphatic carbocycles. The van der Waals surface area contributed by atoms with Gasteiger partial charge >= 0.3 is 0 Å². The molecule has 2 fully saturated rings. The number of hydrogen-bond donors (Lipinski definition) is 0. The van der Waals surface area contributed by atoms with Crippen LogP contribution in [0.5, 0.6) is 0 Å². The third-order valence-corrected chi connectivity index (χ3v) is 7.73. The molecule has 0 saturated carbocycles. The highest BCUT2D eigenvalue weighted by Gasteiger charge is 2.53. The lowest BCUT2D eigenvalue weighted by molar-refractivity contribution is -0.142. The van der Waals surface area contributed by atoms with E-state index in [2.05, 4.69) is 4.98 Å². The molecule has 2 aromatic carbocycles. The Labute approximate surface area is 215 Å². The molecule has 2 aliphatic rings. The lowest BCUT2D eigenvalue weighted by Gasteiger charge is -2.35. The number of amides is 3. The number of aromatic nitrogens is 2. The largest absolute Gasteiger partial charge is 0.342 e. The average Bonchev–Trinajstić information content (AvgIpc) is 3.45. The summed E-state index contributed by atoms with van der Waals surface area (Å²) in [5.74, 6) is -0.928. The molecule has 0 N–H and O–H groups in total. The number of Topliss-reactive ketones (excluding diaryl/α,β-unsaturated/α-hetero) is 1. The van der Waals surface area contributed by atoms with Crippen molar-refractivity contribution in [2.45, 2.75) is 31.1 Å². The molecule has 8 heteroatoms. The quantitative estimate of drug-likeness (QED) is 0.384. The number of likely N-dealkylation sites (N-methyl/N-ethyl adjacent to an activating group) is 1. The molecule has 3 heterocycles. The summed E-state index contributed by atoms with van der Waals surface area (Å²) in [4.78, 5) is 59.7. The fourth-order valence-corrected chi connectivity index (χ4v) is 5.54. The number of ketones is 1. The van der Waals surface area contributed by atoms with E-state index in [1.807, 2.05) is 54.6 Å². The Bertz CT molecular complexity index is 1350. The molecule has 5 rings (SSSR count). The van der Waals surface area contributed by atoms with Crippen molar-refractivity contribution in [3.05, 3.63) is 78.4 Å². The normalized spacial score (nSPS) is 21.9. The number of carbonyl (C=O) groups excluding carboxylic acids is 4. The Hall–Kier alpha value is -4.07. The van der Waals surface area contributed by atoms with Crippen molar-refractivity contribution in [3.8, 4) is 11.1 Å². The number of likely N-dealkylation sites (tertiary alicyclic amines) is 2. The molecule has 0 spiro atoms. The summed E-state index contributed by atoms with van der Waals surface area (Å²) in [7, 11) is 3.25. The van der Waals surface area contributed by atoms with Crippen LogP contribution in [0.4, 0.5) is 0 Å². The van der Waals surface area contributed by atoms with Crippen molar-refractivity contribution in [1.82, 2.24) is 19.4 Å². The van der Waals surface area contributed by atoms with Crippen LogP contribution in [0.3, 0.4) is 0 Å². The van der Waals surface area contributed by atoms with Gasteiger partial charge in [0.2, 0.25) is 23.5 Å². The zero-order valence-corrected chi connectivity index (χ0v) is 21.1. The second-order valence-corrected chi connectivity index (χ2v) is 10.0. The van der Waals surface area contributed by atoms with Crippen molar-refractivity contribution in [2.75, 3.05) is 20.1 Å². The van der Waals surface area contributed by atoms with Crippen LogP contribution < -0.4 is 0 Å². The first-order valence-electron chi connectivity index (χ1n) is 12.6. The molecular formula is C29H30N4O4. The molecule has 2 atom stereocenters. The first-order valence-corrected chi connectivity index (χ1v) is 12.6. The molecule has 0 unspecified atom stereocenters. The summed E-state index contributed by atoms with van der Waals surface area (Å²) in [6.45, 7) is 0.801. The topological polar surface area (TPSA) is 92.6 Å². The summed E-state index contributed by atoms with van der Waals surface area (Å²) >= 11 is 0. The minimum Gasteiger partial charge on any atom is -0.342 e. The number of imide groups is 1. The van der Waals surface area contributed by atoms with E-state index in [1.54, 1.807) is 28.9 Å². The Kier molecular flexibility index (Phi) is 6.50. The number of rotatable bonds is 6. The van der Waals surface area contributed by atoms with Crippen molar-refractivity contribution >= 4 is 23.5 Å². The van der Waals surface area contributed by atoms with Gasteiger partial charge in [-0.05, 0) is 29.5 Å². The number of carbonyl (C=O) groups is 4. The second-order valence-electron chi connectivity index (χ2n) is 10.0. The highest BCUT2D eigenvalue weighted by molar-refractivity contribution is 6.10. The molecule has 37 heavy (non-hydrogen) atoms. The van der Waals surface area contributed by atoms with Gasteiger partial charge in [0.05, 0.1) is 5.41 Å². The average molecular weight is 499 g/mol. The number of imidazole rings is 1. The van der Waals surface area contributed by atoms with E-state index < -0.39 is 5.41 Å². The highest BCUT2D eigenvalue weighted by Crippen LogP contribution is 2.41. The second kappa shape index (κ2) is 9.76. The van der Waals surface area contributed by atoms with E-state index in [4.69, 9.17) is 0 Å². The summed E-state index contributed by atoms with van der Waals surface area (Å²) in [5.41, 5.74) is 1.43. The summed E-state index contributed by atoms with van der Waals surface area (Å²) < 4.78 is 1.69. The number of nitrogens with zero attached hydrogens (tertiary/aromatic N) is 4. The van der Waals surface area contributed by atoms with Crippen LogP contribution in [0.1, 0.15) is 41.9 Å². The first kappa shape index (κ1) is 24.6. The van der Waals surface area contributed by atoms with Gasteiger partial charge in [-0.1, -0.05) is 54.6 Å². The number of hydrogen-bond acceptors (Lipinski definition) is 5. The van der Waals surface area contributed by atoms with Gasteiger partial charge in [0.25, 0.3) is 0 Å². The van der Waals surface area contributed by atoms with Gasteiger partial charge in [-0.15, -0.1) is 0 Å². The molecule has 3 aromatic rings. The van der Waals surface area contributed by atoms with E-state index in [0.29, 0.717) is 30.8 Å². The Balaban J connectivity index is 1.39. The summed E-state index contributed by atoms with van der Waals surface area (Å²) in [5, 5.41) is 0. The van der Waals surface area contributed by atoms with E-state index in [9.17, 15) is 19.2 Å². The van der Waals surface area contributed by atoms with E-state index in [-0.39, 0.29) is 48.8 Å². The van der Waals surface area contributed by atoms with Crippen molar-refractivity contribution in [1.29, 1.82) is 0 Å². The van der Waals surface area contributed by atoms with Crippen LogP contribution in [0.15, 0.2) is 67.0 Å². The molecule has 3 amide bonds. The van der Waals surface area contributed by atoms with Gasteiger partial charge in [-0.25, -0.2) is 4.98 Å². The van der Waals surface area contributed by atoms with E-state index >= 15 is 0 Å². The van der Waals surface area contributed by atoms with Crippen molar-refractivity contribution < 1.29 is 19.2 Å². The molecule has 2 saturated heterocycles. The molecule has 8 nitrogen and oxygen atoms in total. The maximum absolute atomic E-state index is 13.6. The van der Waals surface area contributed by atoms with Crippen LogP contribution in [0.25, 0.3) is 11.1 Å². The van der Waals surface area contributed by atoms with E-state index in [1.165, 1.54) is 7.05 Å². The Morgan fingerprint density at radius 1 is 1.00 bits per heavy atom. The lowest BCUT2D eigenvalue weighted by Crippen LogP contribution is -2.47. The van der Waals surface area contributed by atoms with E-state index in [0.717, 1.165) is 16.0 Å². The molecule has 0 radical (unpaired) electrons. The molecule has 190 valence electrons. The van der Waals surface area contributed by atoms with Crippen LogP contribution >= 0.6 is 0 Å². The predicted octanol–water partition coefficient (Wildman–Crippen LogP) is 3.23. The number of benzene rings is 2. The number of aryl methyl sites for hydroxylation is 1. The maximum atomic E-state index is 13.6. The molecule has 1 aromatic heterocycles. The third-order valence-electron chi connectivity index (χ3n) is 7.73. The van der Waals surface area contributed by atoms with Gasteiger partial charge in [-0.2, -0.15) is 0 Å². The number of piperidine rings is 1. The van der Waals surface area contributed by atoms with Crippen molar-refractivity contribution in [2.24, 2.45) is 13.0 Å². The third kappa shape index (κ3) is 4.48. The lowest BCUT2D eigenvalue weighted by atomic mass is 9.75. The van der Waals surface area contributed by atoms with Crippen LogP contribution in [-0.4, -0.2) is 63.0 Å². The van der Waals surface area contributed by atoms with Gasteiger partial charge in [0.15, 0.2) is 5.82 Å². The van der Waals surface area contributed by atoms with Crippen LogP contribution in [-0.2, 0) is 26.8 Å². The van der Waals surface area contributed by atoms with Gasteiger partial charge < -0.3 is 9.47 Å². The fourth-order valence-electron chi connectivity index (χ4n) is 5.54. The van der Waals surface area contributed by atoms with Crippen molar-refractivity contribution in [3.63, 3.8) is 0 Å². The minimum absolute atomic E-state index is 0.0533. The zero-order valence-electron chi connectivity index (χ0n) is 21.1. The minimum atomic E-state index is -1.26. The van der Waals surface area contributed by atoms with Gasteiger partial charge in [0.1, 0.15) is 0 Å². The molecule has 0 bridgehead atoms. The maximum Gasteiger partial charge on any atom is 0.240 e. The Morgan fingerprint density at radius 2 is 1.70 bits per heavy atom. The summed E-state index contributed by atoms with van der Waals surface area (Å²) in [6, 6.07) is 17.4. The van der Waals surface area contributed by atoms with Gasteiger partial charge in [-0.3, -0.25) is 24.1 Å². The standard InChI is InChI=1S/C29H30N4O4/c1-31-16-14-30-27(31)26(36)22-9-6-15-33(19-22)25(35)18-29(17-24(34)32(2)28(29)37)23-12-10-21(11-13-23)20-7-4-3-5-8-20/h3-5,7-8,10-14,16,22H,6,9,15,17-19H2,1-2H3/t22-,29-/m1/s1. The van der Waals surface area contributed by atoms with Crippen LogP contribution in [0.2, 0.25) is 0 Å². The zero-order chi connectivity index (χ0) is 26.2. The summed E-state index contributed by atoms with van der Waals surface area (Å²) in [6.07, 6.45) is 4.52. The monoisotopic (exact) mass is 498 g/mol. The SMILES string of the molecule is CN1C(=O)C[C@@](CC(=O)N2CCC[C@@H](C(=O)c3nccn3C)C2)(c2ccc(-c3ccccc3)cc2)C1=O. The highest BCUT2D eigenvalue weighted by atomic mass is 16.2. The Morgan fingerprint density at radius 3 is 2.32 bits per heavy atom. The fraction of sp³-hybridized carbons (Fsp3) is 0.345. The first-order chi connectivity index (χ1) is 17.8. The van der Waals surface area contributed by atoms with Gasteiger partial charge in [0, 0.05) is 58.3 Å². The predicted molar refractivity (Wildman–Crippen MR) is 137 cm³/mol.